The van der Waals surface area contributed by atoms with Gasteiger partial charge in [-0.25, -0.2) is 8.42 Å². The van der Waals surface area contributed by atoms with Gasteiger partial charge in [-0.1, -0.05) is 42.8 Å². The normalized spacial score (nSPS) is 15.1. The number of anilines is 1. The van der Waals surface area contributed by atoms with Gasteiger partial charge in [0.25, 0.3) is 0 Å². The summed E-state index contributed by atoms with van der Waals surface area (Å²) in [7, 11) is -3.64. The van der Waals surface area contributed by atoms with Crippen molar-refractivity contribution in [2.24, 2.45) is 0 Å². The third-order valence-corrected chi connectivity index (χ3v) is 6.27. The lowest BCUT2D eigenvalue weighted by atomic mass is 9.99. The largest absolute Gasteiger partial charge is 0.336 e. The molecule has 1 atom stereocenters. The highest BCUT2D eigenvalue weighted by Crippen LogP contribution is 2.27. The zero-order chi connectivity index (χ0) is 19.6. The van der Waals surface area contributed by atoms with E-state index in [-0.39, 0.29) is 5.91 Å². The molecule has 0 saturated carbocycles. The van der Waals surface area contributed by atoms with Crippen LogP contribution in [0.25, 0.3) is 0 Å². The first-order chi connectivity index (χ1) is 12.8. The Morgan fingerprint density at radius 3 is 2.37 bits per heavy atom. The maximum absolute atomic E-state index is 13.3. The molecule has 144 valence electrons. The average Bonchev–Trinajstić information content (AvgIpc) is 2.65. The predicted octanol–water partition coefficient (Wildman–Crippen LogP) is 3.47. The van der Waals surface area contributed by atoms with E-state index in [0.717, 1.165) is 18.2 Å². The predicted molar refractivity (Wildman–Crippen MR) is 108 cm³/mol. The fourth-order valence-electron chi connectivity index (χ4n) is 3.53. The van der Waals surface area contributed by atoms with Gasteiger partial charge in [-0.3, -0.25) is 9.10 Å². The molecule has 1 aliphatic rings. The molecule has 2 aromatic rings. The summed E-state index contributed by atoms with van der Waals surface area (Å²) in [5.74, 6) is -0.174. The van der Waals surface area contributed by atoms with E-state index < -0.39 is 16.1 Å². The van der Waals surface area contributed by atoms with Crippen LogP contribution in [-0.4, -0.2) is 38.1 Å². The van der Waals surface area contributed by atoms with Gasteiger partial charge >= 0.3 is 0 Å². The molecule has 1 aliphatic heterocycles. The van der Waals surface area contributed by atoms with Crippen LogP contribution in [-0.2, 0) is 27.8 Å². The monoisotopic (exact) mass is 406 g/mol. The van der Waals surface area contributed by atoms with Gasteiger partial charge in [-0.05, 0) is 48.2 Å². The second-order valence-electron chi connectivity index (χ2n) is 6.74. The summed E-state index contributed by atoms with van der Waals surface area (Å²) in [6.45, 7) is 2.92. The highest BCUT2D eigenvalue weighted by Gasteiger charge is 2.35. The molecule has 27 heavy (non-hydrogen) atoms. The van der Waals surface area contributed by atoms with Gasteiger partial charge in [0.15, 0.2) is 0 Å². The molecule has 0 bridgehead atoms. The van der Waals surface area contributed by atoms with Crippen molar-refractivity contribution in [1.82, 2.24) is 4.90 Å². The van der Waals surface area contributed by atoms with E-state index in [4.69, 9.17) is 11.6 Å². The zero-order valence-electron chi connectivity index (χ0n) is 15.4. The molecule has 2 aromatic carbocycles. The number of sulfonamides is 1. The summed E-state index contributed by atoms with van der Waals surface area (Å²) in [6.07, 6.45) is 2.29. The first-order valence-electron chi connectivity index (χ1n) is 8.91. The van der Waals surface area contributed by atoms with Crippen LogP contribution >= 0.6 is 11.6 Å². The summed E-state index contributed by atoms with van der Waals surface area (Å²) in [5.41, 5.74) is 2.80. The third kappa shape index (κ3) is 4.28. The van der Waals surface area contributed by atoms with Crippen molar-refractivity contribution >= 4 is 33.2 Å². The number of hydrogen-bond donors (Lipinski definition) is 0. The average molecular weight is 407 g/mol. The minimum atomic E-state index is -3.64. The Bertz CT molecular complexity index is 928. The molecule has 0 aliphatic carbocycles. The smallest absolute Gasteiger partial charge is 0.246 e. The number of carbonyl (C=O) groups excluding carboxylic acids is 1. The van der Waals surface area contributed by atoms with Gasteiger partial charge in [0.1, 0.15) is 6.04 Å². The summed E-state index contributed by atoms with van der Waals surface area (Å²) in [4.78, 5) is 15.0. The number of halogens is 1. The fraction of sp³-hybridized carbons (Fsp3) is 0.350. The van der Waals surface area contributed by atoms with Crippen molar-refractivity contribution in [2.45, 2.75) is 32.4 Å². The molecule has 0 N–H and O–H groups in total. The quantitative estimate of drug-likeness (QED) is 0.763. The Hall–Kier alpha value is -2.05. The molecule has 0 fully saturated rings. The number of nitrogens with zero attached hydrogens (tertiary/aromatic N) is 2. The topological polar surface area (TPSA) is 57.7 Å². The van der Waals surface area contributed by atoms with Gasteiger partial charge in [0.05, 0.1) is 11.9 Å². The molecule has 0 spiro atoms. The van der Waals surface area contributed by atoms with Crippen molar-refractivity contribution in [3.8, 4) is 0 Å². The molecule has 7 heteroatoms. The van der Waals surface area contributed by atoms with Gasteiger partial charge in [0, 0.05) is 18.1 Å². The van der Waals surface area contributed by atoms with E-state index in [1.807, 2.05) is 25.1 Å². The number of benzene rings is 2. The van der Waals surface area contributed by atoms with E-state index in [9.17, 15) is 13.2 Å². The number of rotatable bonds is 5. The van der Waals surface area contributed by atoms with Crippen LogP contribution in [0, 0.1) is 0 Å². The van der Waals surface area contributed by atoms with Crippen LogP contribution in [0.5, 0.6) is 0 Å². The Labute approximate surface area is 165 Å². The van der Waals surface area contributed by atoms with Crippen LogP contribution in [0.3, 0.4) is 0 Å². The first-order valence-corrected chi connectivity index (χ1v) is 11.1. The minimum absolute atomic E-state index is 0.174. The number of hydrogen-bond acceptors (Lipinski definition) is 3. The third-order valence-electron chi connectivity index (χ3n) is 4.84. The zero-order valence-corrected chi connectivity index (χ0v) is 17.0. The Kier molecular flexibility index (Phi) is 5.77. The minimum Gasteiger partial charge on any atom is -0.336 e. The maximum atomic E-state index is 13.3. The van der Waals surface area contributed by atoms with Crippen molar-refractivity contribution in [2.75, 3.05) is 17.1 Å². The maximum Gasteiger partial charge on any atom is 0.246 e. The summed E-state index contributed by atoms with van der Waals surface area (Å²) in [5, 5.41) is 0.513. The molecule has 3 rings (SSSR count). The van der Waals surface area contributed by atoms with Crippen molar-refractivity contribution in [3.63, 3.8) is 0 Å². The van der Waals surface area contributed by atoms with Crippen LogP contribution in [0.2, 0.25) is 5.02 Å². The number of amides is 1. The molecule has 0 radical (unpaired) electrons. The standard InChI is InChI=1S/C20H23ClN2O3S/c1-3-19(23(27(2,25)26)18-10-8-17(21)9-11-18)20(24)22-13-12-15-6-4-5-7-16(15)14-22/h4-11,19H,3,12-14H2,1-2H3/t19-/m1/s1. The van der Waals surface area contributed by atoms with Gasteiger partial charge < -0.3 is 4.90 Å². The Morgan fingerprint density at radius 2 is 1.78 bits per heavy atom. The summed E-state index contributed by atoms with van der Waals surface area (Å²) in [6, 6.07) is 13.8. The van der Waals surface area contributed by atoms with Crippen molar-refractivity contribution in [1.29, 1.82) is 0 Å². The van der Waals surface area contributed by atoms with E-state index in [0.29, 0.717) is 30.2 Å². The lowest BCUT2D eigenvalue weighted by Gasteiger charge is -2.36. The SMILES string of the molecule is CC[C@H](C(=O)N1CCc2ccccc2C1)N(c1ccc(Cl)cc1)S(C)(=O)=O. The first kappa shape index (κ1) is 19.7. The van der Waals surface area contributed by atoms with Gasteiger partial charge in [0.2, 0.25) is 15.9 Å². The molecule has 5 nitrogen and oxygen atoms in total. The molecule has 1 heterocycles. The van der Waals surface area contributed by atoms with Crippen molar-refractivity contribution < 1.29 is 13.2 Å². The van der Waals surface area contributed by atoms with Gasteiger partial charge in [-0.2, -0.15) is 0 Å². The Morgan fingerprint density at radius 1 is 1.15 bits per heavy atom. The number of carbonyl (C=O) groups is 1. The second-order valence-corrected chi connectivity index (χ2v) is 9.03. The van der Waals surface area contributed by atoms with E-state index in [2.05, 4.69) is 6.07 Å². The molecule has 1 amide bonds. The van der Waals surface area contributed by atoms with Crippen molar-refractivity contribution in [3.05, 3.63) is 64.7 Å². The van der Waals surface area contributed by atoms with Gasteiger partial charge in [-0.15, -0.1) is 0 Å². The van der Waals surface area contributed by atoms with Crippen LogP contribution in [0.1, 0.15) is 24.5 Å². The molecular weight excluding hydrogens is 384 g/mol. The van der Waals surface area contributed by atoms with E-state index in [1.54, 1.807) is 29.2 Å². The fourth-order valence-corrected chi connectivity index (χ4v) is 4.86. The summed E-state index contributed by atoms with van der Waals surface area (Å²) < 4.78 is 26.3. The molecule has 0 unspecified atom stereocenters. The van der Waals surface area contributed by atoms with Crippen LogP contribution in [0.4, 0.5) is 5.69 Å². The van der Waals surface area contributed by atoms with Crippen LogP contribution < -0.4 is 4.31 Å². The van der Waals surface area contributed by atoms with Crippen LogP contribution in [0.15, 0.2) is 48.5 Å². The highest BCUT2D eigenvalue weighted by atomic mass is 35.5. The number of fused-ring (bicyclic) bond motifs is 1. The highest BCUT2D eigenvalue weighted by molar-refractivity contribution is 7.92. The Balaban J connectivity index is 1.91. The second kappa shape index (κ2) is 7.90. The molecular formula is C20H23ClN2O3S. The van der Waals surface area contributed by atoms with E-state index >= 15 is 0 Å². The lowest BCUT2D eigenvalue weighted by Crippen LogP contribution is -2.51. The molecule has 0 saturated heterocycles. The molecule has 0 aromatic heterocycles. The van der Waals surface area contributed by atoms with E-state index in [1.165, 1.54) is 9.87 Å². The lowest BCUT2D eigenvalue weighted by molar-refractivity contribution is -0.133. The summed E-state index contributed by atoms with van der Waals surface area (Å²) >= 11 is 5.93.